The first kappa shape index (κ1) is 15.6. The summed E-state index contributed by atoms with van der Waals surface area (Å²) in [5.41, 5.74) is 9.38. The van der Waals surface area contributed by atoms with E-state index in [-0.39, 0.29) is 0 Å². The van der Waals surface area contributed by atoms with Gasteiger partial charge in [0.2, 0.25) is 0 Å². The van der Waals surface area contributed by atoms with Crippen LogP contribution in [0.3, 0.4) is 0 Å². The van der Waals surface area contributed by atoms with Crippen LogP contribution in [0.25, 0.3) is 33.2 Å². The molecular weight excluding hydrogens is 346 g/mol. The van der Waals surface area contributed by atoms with Gasteiger partial charge in [0, 0.05) is 17.7 Å². The van der Waals surface area contributed by atoms with E-state index in [1.807, 2.05) is 13.1 Å². The number of benzene rings is 3. The molecule has 0 saturated carbocycles. The van der Waals surface area contributed by atoms with E-state index in [1.54, 1.807) is 0 Å². The van der Waals surface area contributed by atoms with Crippen molar-refractivity contribution in [3.8, 4) is 28.1 Å². The number of imidazole rings is 1. The number of aromatic amines is 1. The summed E-state index contributed by atoms with van der Waals surface area (Å²) in [4.78, 5) is 12.3. The topological polar surface area (TPSA) is 50.3 Å². The van der Waals surface area contributed by atoms with Crippen LogP contribution in [-0.2, 0) is 13.0 Å². The normalized spacial score (nSPS) is 14.3. The molecule has 4 aromatic rings. The molecule has 4 nitrogen and oxygen atoms in total. The van der Waals surface area contributed by atoms with Gasteiger partial charge in [-0.25, -0.2) is 4.98 Å². The van der Waals surface area contributed by atoms with Gasteiger partial charge in [-0.3, -0.25) is 4.99 Å². The number of aryl methyl sites for hydroxylation is 1. The summed E-state index contributed by atoms with van der Waals surface area (Å²) in [6, 6.07) is 15.3. The first-order valence-electron chi connectivity index (χ1n) is 9.57. The van der Waals surface area contributed by atoms with Gasteiger partial charge in [-0.1, -0.05) is 18.2 Å². The van der Waals surface area contributed by atoms with Crippen molar-refractivity contribution in [2.45, 2.75) is 26.9 Å². The second kappa shape index (κ2) is 5.55. The Balaban J connectivity index is 1.50. The van der Waals surface area contributed by atoms with Crippen LogP contribution < -0.4 is 4.74 Å². The summed E-state index contributed by atoms with van der Waals surface area (Å²) in [7, 11) is 0. The van der Waals surface area contributed by atoms with Gasteiger partial charge in [-0.2, -0.15) is 0 Å². The molecule has 0 spiro atoms. The van der Waals surface area contributed by atoms with Crippen LogP contribution in [0.2, 0.25) is 0 Å². The number of nitrogens with one attached hydrogen (secondary N) is 1. The second-order valence-corrected chi connectivity index (χ2v) is 7.70. The van der Waals surface area contributed by atoms with E-state index in [4.69, 9.17) is 4.74 Å². The Morgan fingerprint density at radius 3 is 2.79 bits per heavy atom. The predicted molar refractivity (Wildman–Crippen MR) is 113 cm³/mol. The van der Waals surface area contributed by atoms with Crippen molar-refractivity contribution in [1.82, 2.24) is 9.97 Å². The highest BCUT2D eigenvalue weighted by Gasteiger charge is 2.21. The lowest BCUT2D eigenvalue weighted by atomic mass is 9.91. The van der Waals surface area contributed by atoms with Crippen molar-refractivity contribution >= 4 is 22.2 Å². The second-order valence-electron chi connectivity index (χ2n) is 7.70. The van der Waals surface area contributed by atoms with Gasteiger partial charge in [0.25, 0.3) is 0 Å². The van der Waals surface area contributed by atoms with E-state index in [1.165, 1.54) is 33.2 Å². The van der Waals surface area contributed by atoms with E-state index < -0.39 is 0 Å². The third-order valence-electron chi connectivity index (χ3n) is 5.74. The van der Waals surface area contributed by atoms with Crippen molar-refractivity contribution in [2.75, 3.05) is 0 Å². The maximum atomic E-state index is 6.18. The van der Waals surface area contributed by atoms with E-state index in [9.17, 15) is 0 Å². The highest BCUT2D eigenvalue weighted by Crippen LogP contribution is 2.43. The Labute approximate surface area is 162 Å². The maximum Gasteiger partial charge on any atom is 0.128 e. The largest absolute Gasteiger partial charge is 0.488 e. The Morgan fingerprint density at radius 2 is 1.93 bits per heavy atom. The standard InChI is InChI=1S/C24H19N3O/c1-13-7-20-19-10-24-21(9-15(19)4-6-22(20)26-13)18-5-3-16(8-17(18)12-28-24)23-11-25-14(2)27-23/h3-6,8-11H,7,12H2,1-2H3,(H,25,27). The molecule has 6 rings (SSSR count). The quantitative estimate of drug-likeness (QED) is 0.467. The molecule has 2 aliphatic heterocycles. The van der Waals surface area contributed by atoms with Crippen LogP contribution in [0.15, 0.2) is 53.7 Å². The molecule has 1 aromatic heterocycles. The van der Waals surface area contributed by atoms with Crippen LogP contribution in [-0.4, -0.2) is 15.7 Å². The Morgan fingerprint density at radius 1 is 1.00 bits per heavy atom. The number of rotatable bonds is 1. The Bertz CT molecular complexity index is 1310. The number of hydrogen-bond donors (Lipinski definition) is 1. The Hall–Kier alpha value is -3.40. The summed E-state index contributed by atoms with van der Waals surface area (Å²) in [6.07, 6.45) is 2.81. The number of H-pyrrole nitrogens is 1. The van der Waals surface area contributed by atoms with Gasteiger partial charge < -0.3 is 9.72 Å². The molecule has 3 aromatic carbocycles. The Kier molecular flexibility index (Phi) is 3.10. The van der Waals surface area contributed by atoms with Gasteiger partial charge in [0.15, 0.2) is 0 Å². The lowest BCUT2D eigenvalue weighted by Crippen LogP contribution is -2.06. The molecule has 0 amide bonds. The minimum atomic E-state index is 0.583. The van der Waals surface area contributed by atoms with Gasteiger partial charge in [-0.15, -0.1) is 0 Å². The van der Waals surface area contributed by atoms with Gasteiger partial charge in [0.1, 0.15) is 18.2 Å². The fraction of sp³-hybridized carbons (Fsp3) is 0.167. The highest BCUT2D eigenvalue weighted by molar-refractivity contribution is 6.02. The zero-order valence-electron chi connectivity index (χ0n) is 15.8. The molecule has 136 valence electrons. The summed E-state index contributed by atoms with van der Waals surface area (Å²) in [6.45, 7) is 4.64. The van der Waals surface area contributed by atoms with E-state index in [2.05, 4.69) is 64.3 Å². The van der Waals surface area contributed by atoms with Crippen molar-refractivity contribution in [3.05, 3.63) is 65.6 Å². The molecule has 4 heteroatoms. The summed E-state index contributed by atoms with van der Waals surface area (Å²) < 4.78 is 6.18. The van der Waals surface area contributed by atoms with Crippen molar-refractivity contribution in [2.24, 2.45) is 4.99 Å². The van der Waals surface area contributed by atoms with Gasteiger partial charge >= 0.3 is 0 Å². The van der Waals surface area contributed by atoms with Crippen molar-refractivity contribution < 1.29 is 4.74 Å². The molecule has 0 unspecified atom stereocenters. The van der Waals surface area contributed by atoms with E-state index >= 15 is 0 Å². The summed E-state index contributed by atoms with van der Waals surface area (Å²) in [5.74, 6) is 1.88. The van der Waals surface area contributed by atoms with Crippen LogP contribution in [0.1, 0.15) is 23.9 Å². The molecule has 0 atom stereocenters. The number of aliphatic imine (C=N–C) groups is 1. The summed E-state index contributed by atoms with van der Waals surface area (Å²) >= 11 is 0. The SMILES string of the molecule is CC1=Nc2ccc3cc4c(cc3c2C1)OCc1cc(-c2cnc(C)[nH]2)ccc1-4. The average molecular weight is 365 g/mol. The average Bonchev–Trinajstić information content (AvgIpc) is 3.31. The lowest BCUT2D eigenvalue weighted by Gasteiger charge is -2.22. The van der Waals surface area contributed by atoms with E-state index in [0.29, 0.717) is 6.61 Å². The van der Waals surface area contributed by atoms with Gasteiger partial charge in [0.05, 0.1) is 17.6 Å². The fourth-order valence-corrected chi connectivity index (χ4v) is 4.39. The van der Waals surface area contributed by atoms with Crippen molar-refractivity contribution in [1.29, 1.82) is 0 Å². The zero-order valence-corrected chi connectivity index (χ0v) is 15.8. The molecule has 0 aliphatic carbocycles. The number of hydrogen-bond acceptors (Lipinski definition) is 3. The maximum absolute atomic E-state index is 6.18. The van der Waals surface area contributed by atoms with Crippen LogP contribution in [0.4, 0.5) is 5.69 Å². The van der Waals surface area contributed by atoms with E-state index in [0.717, 1.165) is 40.5 Å². The number of ether oxygens (including phenoxy) is 1. The fourth-order valence-electron chi connectivity index (χ4n) is 4.39. The highest BCUT2D eigenvalue weighted by atomic mass is 16.5. The van der Waals surface area contributed by atoms with Crippen molar-refractivity contribution in [3.63, 3.8) is 0 Å². The zero-order chi connectivity index (χ0) is 18.8. The molecular formula is C24H19N3O. The van der Waals surface area contributed by atoms with Crippen LogP contribution in [0, 0.1) is 6.92 Å². The number of aromatic nitrogens is 2. The molecule has 2 aliphatic rings. The predicted octanol–water partition coefficient (Wildman–Crippen LogP) is 5.75. The third-order valence-corrected chi connectivity index (χ3v) is 5.74. The monoisotopic (exact) mass is 365 g/mol. The molecule has 0 fully saturated rings. The first-order chi connectivity index (χ1) is 13.7. The van der Waals surface area contributed by atoms with Crippen LogP contribution in [0.5, 0.6) is 5.75 Å². The molecule has 28 heavy (non-hydrogen) atoms. The van der Waals surface area contributed by atoms with Gasteiger partial charge in [-0.05, 0) is 71.1 Å². The lowest BCUT2D eigenvalue weighted by molar-refractivity contribution is 0.303. The molecule has 0 bridgehead atoms. The molecule has 0 radical (unpaired) electrons. The third kappa shape index (κ3) is 2.24. The minimum Gasteiger partial charge on any atom is -0.488 e. The first-order valence-corrected chi connectivity index (χ1v) is 9.57. The van der Waals surface area contributed by atoms with Crippen LogP contribution >= 0.6 is 0 Å². The minimum absolute atomic E-state index is 0.583. The number of fused-ring (bicyclic) bond motifs is 6. The summed E-state index contributed by atoms with van der Waals surface area (Å²) in [5, 5.41) is 2.50. The smallest absolute Gasteiger partial charge is 0.128 e. The number of nitrogens with zero attached hydrogens (tertiary/aromatic N) is 2. The molecule has 1 N–H and O–H groups in total. The molecule has 0 saturated heterocycles. The molecule has 3 heterocycles.